The van der Waals surface area contributed by atoms with Gasteiger partial charge in [0.15, 0.2) is 0 Å². The molecule has 0 aliphatic carbocycles. The first-order valence-electron chi connectivity index (χ1n) is 8.72. The largest absolute Gasteiger partial charge is 0.497 e. The fourth-order valence-electron chi connectivity index (χ4n) is 2.70. The van der Waals surface area contributed by atoms with Gasteiger partial charge in [-0.1, -0.05) is 11.2 Å². The summed E-state index contributed by atoms with van der Waals surface area (Å²) in [6.07, 6.45) is 0. The molecule has 2 aromatic carbocycles. The summed E-state index contributed by atoms with van der Waals surface area (Å²) in [7, 11) is -0.475. The van der Waals surface area contributed by atoms with Crippen LogP contribution in [0.3, 0.4) is 0 Å². The van der Waals surface area contributed by atoms with Crippen LogP contribution in [0.5, 0.6) is 11.5 Å². The van der Waals surface area contributed by atoms with Crippen molar-refractivity contribution in [2.45, 2.75) is 4.21 Å². The normalized spacial score (nSPS) is 11.3. The zero-order chi connectivity index (χ0) is 21.1. The highest BCUT2D eigenvalue weighted by Crippen LogP contribution is 2.30. The summed E-state index contributed by atoms with van der Waals surface area (Å²) in [5.74, 6) is 1.89. The van der Waals surface area contributed by atoms with E-state index in [0.717, 1.165) is 11.3 Å². The SMILES string of the molecule is COc1cc(OC)cc(-c2nc(-c3ccc(NS(=O)(=O)c4cccs4)cc3)no2)c1. The van der Waals surface area contributed by atoms with Gasteiger partial charge < -0.3 is 14.0 Å². The summed E-state index contributed by atoms with van der Waals surface area (Å²) in [4.78, 5) is 4.42. The Balaban J connectivity index is 1.56. The number of nitrogens with one attached hydrogen (secondary N) is 1. The second kappa shape index (κ2) is 8.17. The number of hydrogen-bond donors (Lipinski definition) is 1. The fourth-order valence-corrected chi connectivity index (χ4v) is 4.75. The average molecular weight is 444 g/mol. The molecule has 0 aliphatic heterocycles. The van der Waals surface area contributed by atoms with Crippen LogP contribution in [0.2, 0.25) is 0 Å². The molecular weight excluding hydrogens is 426 g/mol. The number of nitrogens with zero attached hydrogens (tertiary/aromatic N) is 2. The van der Waals surface area contributed by atoms with E-state index in [2.05, 4.69) is 14.9 Å². The Morgan fingerprint density at radius 2 is 1.67 bits per heavy atom. The van der Waals surface area contributed by atoms with Crippen molar-refractivity contribution in [3.8, 4) is 34.3 Å². The standard InChI is InChI=1S/C20H17N3O5S2/c1-26-16-10-14(11-17(12-16)27-2)20-21-19(22-28-20)13-5-7-15(8-6-13)23-30(24,25)18-4-3-9-29-18/h3-12,23H,1-2H3. The number of aromatic nitrogens is 2. The van der Waals surface area contributed by atoms with E-state index in [1.54, 1.807) is 74.2 Å². The van der Waals surface area contributed by atoms with E-state index in [1.807, 2.05) is 0 Å². The van der Waals surface area contributed by atoms with Crippen LogP contribution in [0.1, 0.15) is 0 Å². The second-order valence-corrected chi connectivity index (χ2v) is 9.00. The summed E-state index contributed by atoms with van der Waals surface area (Å²) in [5.41, 5.74) is 1.78. The molecule has 2 aromatic heterocycles. The Morgan fingerprint density at radius 1 is 0.967 bits per heavy atom. The molecule has 0 aliphatic rings. The molecule has 8 nitrogen and oxygen atoms in total. The van der Waals surface area contributed by atoms with Gasteiger partial charge in [-0.15, -0.1) is 11.3 Å². The van der Waals surface area contributed by atoms with Gasteiger partial charge in [0.2, 0.25) is 5.82 Å². The number of sulfonamides is 1. The van der Waals surface area contributed by atoms with Crippen LogP contribution < -0.4 is 14.2 Å². The van der Waals surface area contributed by atoms with E-state index < -0.39 is 10.0 Å². The minimum atomic E-state index is -3.60. The molecule has 0 saturated carbocycles. The third-order valence-corrected chi connectivity index (χ3v) is 6.96. The summed E-state index contributed by atoms with van der Waals surface area (Å²) in [6.45, 7) is 0. The zero-order valence-corrected chi connectivity index (χ0v) is 17.7. The monoisotopic (exact) mass is 443 g/mol. The van der Waals surface area contributed by atoms with Crippen LogP contribution in [0.15, 0.2) is 68.7 Å². The highest BCUT2D eigenvalue weighted by atomic mass is 32.2. The predicted molar refractivity (Wildman–Crippen MR) is 113 cm³/mol. The van der Waals surface area contributed by atoms with Gasteiger partial charge in [0.25, 0.3) is 15.9 Å². The zero-order valence-electron chi connectivity index (χ0n) is 16.0. The maximum atomic E-state index is 12.3. The molecule has 154 valence electrons. The number of rotatable bonds is 7. The molecule has 0 saturated heterocycles. The van der Waals surface area contributed by atoms with Crippen LogP contribution in [0.25, 0.3) is 22.8 Å². The Hall–Kier alpha value is -3.37. The quantitative estimate of drug-likeness (QED) is 0.454. The number of thiophene rings is 1. The first-order valence-corrected chi connectivity index (χ1v) is 11.1. The molecule has 1 N–H and O–H groups in total. The molecule has 2 heterocycles. The summed E-state index contributed by atoms with van der Waals surface area (Å²) in [6, 6.07) is 15.2. The lowest BCUT2D eigenvalue weighted by Gasteiger charge is -2.06. The van der Waals surface area contributed by atoms with E-state index >= 15 is 0 Å². The van der Waals surface area contributed by atoms with Gasteiger partial charge in [0.05, 0.1) is 14.2 Å². The topological polar surface area (TPSA) is 104 Å². The van der Waals surface area contributed by atoms with Crippen LogP contribution in [0, 0.1) is 0 Å². The van der Waals surface area contributed by atoms with Crippen molar-refractivity contribution in [2.75, 3.05) is 18.9 Å². The molecule has 10 heteroatoms. The van der Waals surface area contributed by atoms with E-state index in [0.29, 0.717) is 40.0 Å². The summed E-state index contributed by atoms with van der Waals surface area (Å²) < 4.78 is 43.4. The number of hydrogen-bond acceptors (Lipinski definition) is 8. The highest BCUT2D eigenvalue weighted by molar-refractivity contribution is 7.94. The van der Waals surface area contributed by atoms with Crippen molar-refractivity contribution in [3.63, 3.8) is 0 Å². The van der Waals surface area contributed by atoms with E-state index in [-0.39, 0.29) is 4.21 Å². The molecule has 0 spiro atoms. The van der Waals surface area contributed by atoms with Crippen molar-refractivity contribution in [1.29, 1.82) is 0 Å². The van der Waals surface area contributed by atoms with Gasteiger partial charge >= 0.3 is 0 Å². The maximum absolute atomic E-state index is 12.3. The van der Waals surface area contributed by atoms with Crippen molar-refractivity contribution in [2.24, 2.45) is 0 Å². The van der Waals surface area contributed by atoms with Gasteiger partial charge in [-0.2, -0.15) is 4.98 Å². The van der Waals surface area contributed by atoms with Gasteiger partial charge in [-0.3, -0.25) is 4.72 Å². The smallest absolute Gasteiger partial charge is 0.271 e. The van der Waals surface area contributed by atoms with Crippen molar-refractivity contribution in [3.05, 3.63) is 60.0 Å². The first kappa shape index (κ1) is 19.9. The van der Waals surface area contributed by atoms with E-state index in [4.69, 9.17) is 14.0 Å². The number of ether oxygens (including phenoxy) is 2. The van der Waals surface area contributed by atoms with Crippen LogP contribution in [0.4, 0.5) is 5.69 Å². The van der Waals surface area contributed by atoms with Crippen molar-refractivity contribution >= 4 is 27.0 Å². The Kier molecular flexibility index (Phi) is 5.42. The molecule has 0 bridgehead atoms. The van der Waals surface area contributed by atoms with Gasteiger partial charge in [-0.25, -0.2) is 8.42 Å². The Bertz CT molecular complexity index is 1230. The van der Waals surface area contributed by atoms with Gasteiger partial charge in [0.1, 0.15) is 15.7 Å². The minimum absolute atomic E-state index is 0.253. The maximum Gasteiger partial charge on any atom is 0.271 e. The number of anilines is 1. The molecule has 0 amide bonds. The van der Waals surface area contributed by atoms with Gasteiger partial charge in [0, 0.05) is 22.9 Å². The molecule has 4 rings (SSSR count). The minimum Gasteiger partial charge on any atom is -0.497 e. The van der Waals surface area contributed by atoms with Crippen LogP contribution in [-0.2, 0) is 10.0 Å². The summed E-state index contributed by atoms with van der Waals surface area (Å²) >= 11 is 1.15. The van der Waals surface area contributed by atoms with Crippen LogP contribution in [-0.4, -0.2) is 32.8 Å². The molecule has 0 radical (unpaired) electrons. The highest BCUT2D eigenvalue weighted by Gasteiger charge is 2.16. The molecule has 0 unspecified atom stereocenters. The number of methoxy groups -OCH3 is 2. The van der Waals surface area contributed by atoms with Crippen LogP contribution >= 0.6 is 11.3 Å². The number of benzene rings is 2. The third kappa shape index (κ3) is 4.14. The molecular formula is C20H17N3O5S2. The third-order valence-electron chi connectivity index (χ3n) is 4.18. The predicted octanol–water partition coefficient (Wildman–Crippen LogP) is 4.28. The second-order valence-electron chi connectivity index (χ2n) is 6.14. The van der Waals surface area contributed by atoms with E-state index in [1.165, 1.54) is 0 Å². The fraction of sp³-hybridized carbons (Fsp3) is 0.100. The average Bonchev–Trinajstić information content (AvgIpc) is 3.46. The first-order chi connectivity index (χ1) is 14.5. The summed E-state index contributed by atoms with van der Waals surface area (Å²) in [5, 5.41) is 5.73. The van der Waals surface area contributed by atoms with Gasteiger partial charge in [-0.05, 0) is 47.8 Å². The Morgan fingerprint density at radius 3 is 2.27 bits per heavy atom. The lowest BCUT2D eigenvalue weighted by molar-refractivity contribution is 0.393. The Labute approximate surface area is 177 Å². The van der Waals surface area contributed by atoms with Crippen molar-refractivity contribution in [1.82, 2.24) is 10.1 Å². The van der Waals surface area contributed by atoms with E-state index in [9.17, 15) is 8.42 Å². The lowest BCUT2D eigenvalue weighted by Crippen LogP contribution is -2.11. The molecule has 0 atom stereocenters. The lowest BCUT2D eigenvalue weighted by atomic mass is 10.2. The van der Waals surface area contributed by atoms with Crippen molar-refractivity contribution < 1.29 is 22.4 Å². The molecule has 30 heavy (non-hydrogen) atoms. The molecule has 4 aromatic rings. The molecule has 0 fully saturated rings.